The van der Waals surface area contributed by atoms with Gasteiger partial charge in [-0.3, -0.25) is 28.6 Å². The molecule has 3 saturated heterocycles. The molecule has 2 aromatic heterocycles. The van der Waals surface area contributed by atoms with Crippen LogP contribution < -0.4 is 10.5 Å². The van der Waals surface area contributed by atoms with E-state index in [1.165, 1.54) is 4.90 Å². The minimum Gasteiger partial charge on any atom is -0.494 e. The molecular formula is C45H31ClN6O5. The van der Waals surface area contributed by atoms with Gasteiger partial charge >= 0.3 is 0 Å². The molecular weight excluding hydrogens is 740 g/mol. The van der Waals surface area contributed by atoms with Gasteiger partial charge in [0.1, 0.15) is 17.1 Å². The van der Waals surface area contributed by atoms with E-state index < -0.39 is 17.4 Å². The SMILES string of the molecule is O=C1C(c2c(O)[nH]c3ccccc23)=Nc2ccccc21.O=C1[C@H]2C3CCCN3C3(c4ccccc4-n4c3nc3ccccc3c4=O)[C@H]2C(=O)N1c1ccc(Cl)cc1. The zero-order valence-electron chi connectivity index (χ0n) is 30.1. The van der Waals surface area contributed by atoms with Crippen LogP contribution in [0.15, 0.2) is 131 Å². The van der Waals surface area contributed by atoms with Crippen molar-refractivity contribution in [2.45, 2.75) is 24.4 Å². The fourth-order valence-corrected chi connectivity index (χ4v) is 10.2. The number of aromatic amines is 1. The number of para-hydroxylation sites is 4. The van der Waals surface area contributed by atoms with E-state index in [4.69, 9.17) is 16.6 Å². The molecule has 2 N–H and O–H groups in total. The normalized spacial score (nSPS) is 22.8. The third kappa shape index (κ3) is 4.46. The van der Waals surface area contributed by atoms with E-state index in [9.17, 15) is 24.3 Å². The van der Waals surface area contributed by atoms with Gasteiger partial charge in [-0.25, -0.2) is 14.9 Å². The second-order valence-electron chi connectivity index (χ2n) is 15.0. The molecule has 0 aliphatic carbocycles. The van der Waals surface area contributed by atoms with Crippen LogP contribution in [0.25, 0.3) is 27.5 Å². The lowest BCUT2D eigenvalue weighted by atomic mass is 9.75. The molecule has 0 bridgehead atoms. The van der Waals surface area contributed by atoms with E-state index >= 15 is 0 Å². The van der Waals surface area contributed by atoms with Crippen molar-refractivity contribution in [1.29, 1.82) is 0 Å². The van der Waals surface area contributed by atoms with Crippen molar-refractivity contribution in [3.8, 4) is 11.6 Å². The van der Waals surface area contributed by atoms with Gasteiger partial charge < -0.3 is 10.1 Å². The number of benzene rings is 5. The molecule has 12 rings (SSSR count). The first-order valence-electron chi connectivity index (χ1n) is 18.8. The highest BCUT2D eigenvalue weighted by Gasteiger charge is 2.73. The number of amides is 2. The van der Waals surface area contributed by atoms with Crippen molar-refractivity contribution in [2.75, 3.05) is 11.4 Å². The third-order valence-electron chi connectivity index (χ3n) is 12.2. The summed E-state index contributed by atoms with van der Waals surface area (Å²) in [5.41, 5.74) is 4.33. The van der Waals surface area contributed by atoms with E-state index in [1.54, 1.807) is 47.0 Å². The molecule has 7 aromatic rings. The van der Waals surface area contributed by atoms with Gasteiger partial charge in [0.15, 0.2) is 5.88 Å². The summed E-state index contributed by atoms with van der Waals surface area (Å²) in [5.74, 6) is -1.29. The number of imide groups is 1. The Labute approximate surface area is 329 Å². The summed E-state index contributed by atoms with van der Waals surface area (Å²) in [5, 5.41) is 12.0. The topological polar surface area (TPSA) is 141 Å². The Morgan fingerprint density at radius 1 is 0.789 bits per heavy atom. The minimum absolute atomic E-state index is 0.0221. The number of aliphatic imine (C=N–C) groups is 1. The molecule has 57 heavy (non-hydrogen) atoms. The van der Waals surface area contributed by atoms with Crippen LogP contribution in [0, 0.1) is 11.8 Å². The number of hydrogen-bond acceptors (Lipinski definition) is 8. The zero-order valence-corrected chi connectivity index (χ0v) is 30.9. The van der Waals surface area contributed by atoms with Gasteiger partial charge in [-0.1, -0.05) is 72.3 Å². The molecule has 1 spiro atoms. The average molecular weight is 771 g/mol. The first-order valence-corrected chi connectivity index (χ1v) is 19.2. The summed E-state index contributed by atoms with van der Waals surface area (Å²) in [6.07, 6.45) is 1.73. The maximum atomic E-state index is 14.4. The fraction of sp³-hybridized carbons (Fsp3) is 0.156. The number of nitrogens with one attached hydrogen (secondary N) is 1. The van der Waals surface area contributed by atoms with Gasteiger partial charge in [0.05, 0.1) is 45.4 Å². The second kappa shape index (κ2) is 12.2. The Kier molecular flexibility index (Phi) is 7.17. The first-order chi connectivity index (χ1) is 27.8. The summed E-state index contributed by atoms with van der Waals surface area (Å²) in [6.45, 7) is 0.732. The number of carbonyl (C=O) groups is 3. The average Bonchev–Trinajstić information content (AvgIpc) is 4.06. The summed E-state index contributed by atoms with van der Waals surface area (Å²) in [6, 6.07) is 36.4. The number of aromatic hydroxyl groups is 1. The first kappa shape index (κ1) is 33.6. The monoisotopic (exact) mass is 770 g/mol. The van der Waals surface area contributed by atoms with Gasteiger partial charge in [-0.05, 0) is 80.1 Å². The van der Waals surface area contributed by atoms with Crippen LogP contribution in [0.2, 0.25) is 5.02 Å². The lowest BCUT2D eigenvalue weighted by Crippen LogP contribution is -2.51. The highest BCUT2D eigenvalue weighted by atomic mass is 35.5. The van der Waals surface area contributed by atoms with Crippen LogP contribution in [-0.2, 0) is 15.1 Å². The molecule has 7 heterocycles. The van der Waals surface area contributed by atoms with Crippen molar-refractivity contribution in [3.63, 3.8) is 0 Å². The van der Waals surface area contributed by atoms with E-state index in [-0.39, 0.29) is 35.1 Å². The highest BCUT2D eigenvalue weighted by Crippen LogP contribution is 2.62. The number of ketones is 1. The molecule has 3 fully saturated rings. The molecule has 2 unspecified atom stereocenters. The van der Waals surface area contributed by atoms with E-state index in [1.807, 2.05) is 78.9 Å². The second-order valence-corrected chi connectivity index (χ2v) is 15.4. The predicted octanol–water partition coefficient (Wildman–Crippen LogP) is 7.07. The zero-order chi connectivity index (χ0) is 38.7. The number of rotatable bonds is 2. The number of hydrogen-bond donors (Lipinski definition) is 2. The Hall–Kier alpha value is -6.69. The van der Waals surface area contributed by atoms with E-state index in [0.717, 1.165) is 41.5 Å². The molecule has 278 valence electrons. The summed E-state index contributed by atoms with van der Waals surface area (Å²) in [7, 11) is 0. The van der Waals surface area contributed by atoms with Crippen LogP contribution >= 0.6 is 11.6 Å². The van der Waals surface area contributed by atoms with Crippen molar-refractivity contribution in [2.24, 2.45) is 16.8 Å². The number of nitrogens with zero attached hydrogens (tertiary/aromatic N) is 5. The fourth-order valence-electron chi connectivity index (χ4n) is 10.1. The lowest BCUT2D eigenvalue weighted by molar-refractivity contribution is -0.124. The van der Waals surface area contributed by atoms with Gasteiger partial charge in [0.25, 0.3) is 5.56 Å². The standard InChI is InChI=1S/C29H21ClN4O3.C16H10N2O2/c30-16-11-13-17(14-12-16)33-26(36)23-22-10-5-15-32(22)29(24(23)27(33)37)19-7-2-4-9-21(19)34-25(35)18-6-1-3-8-20(18)31-28(29)34;19-15-10-6-2-4-8-12(10)17-14(15)13-9-5-1-3-7-11(9)18-16(13)20/h1-4,6-9,11-14,22-24H,5,10,15H2;1-8,18,20H/t22?,23-,24+,29?;/m0./s1. The number of carbonyl (C=O) groups excluding carboxylic acids is 3. The van der Waals surface area contributed by atoms with Crippen LogP contribution in [-0.4, -0.2) is 60.4 Å². The molecule has 5 aliphatic rings. The number of Topliss-reactive ketones (excluding diaryl/α,β-unsaturated/α-hetero) is 1. The largest absolute Gasteiger partial charge is 0.494 e. The van der Waals surface area contributed by atoms with Crippen molar-refractivity contribution < 1.29 is 19.5 Å². The van der Waals surface area contributed by atoms with Gasteiger partial charge in [0.2, 0.25) is 17.6 Å². The van der Waals surface area contributed by atoms with Crippen molar-refractivity contribution in [3.05, 3.63) is 159 Å². The Balaban J connectivity index is 0.000000158. The summed E-state index contributed by atoms with van der Waals surface area (Å²) >= 11 is 6.10. The van der Waals surface area contributed by atoms with Gasteiger partial charge in [-0.2, -0.15) is 0 Å². The van der Waals surface area contributed by atoms with Crippen molar-refractivity contribution >= 4 is 68.1 Å². The van der Waals surface area contributed by atoms with E-state index in [2.05, 4.69) is 14.9 Å². The van der Waals surface area contributed by atoms with Crippen LogP contribution in [0.5, 0.6) is 5.88 Å². The molecule has 12 heteroatoms. The Bertz CT molecular complexity index is 3010. The van der Waals surface area contributed by atoms with Crippen LogP contribution in [0.3, 0.4) is 0 Å². The summed E-state index contributed by atoms with van der Waals surface area (Å²) < 4.78 is 1.68. The van der Waals surface area contributed by atoms with Crippen molar-refractivity contribution in [1.82, 2.24) is 19.4 Å². The highest BCUT2D eigenvalue weighted by molar-refractivity contribution is 6.56. The maximum absolute atomic E-state index is 14.4. The van der Waals surface area contributed by atoms with Crippen LogP contribution in [0.1, 0.15) is 40.2 Å². The molecule has 0 saturated carbocycles. The molecule has 11 nitrogen and oxygen atoms in total. The Morgan fingerprint density at radius 2 is 1.51 bits per heavy atom. The van der Waals surface area contributed by atoms with E-state index in [0.29, 0.717) is 50.0 Å². The number of anilines is 1. The predicted molar refractivity (Wildman–Crippen MR) is 216 cm³/mol. The molecule has 5 aliphatic heterocycles. The minimum atomic E-state index is -1.00. The smallest absolute Gasteiger partial charge is 0.266 e. The van der Waals surface area contributed by atoms with Gasteiger partial charge in [0, 0.05) is 33.1 Å². The lowest BCUT2D eigenvalue weighted by Gasteiger charge is -2.38. The summed E-state index contributed by atoms with van der Waals surface area (Å²) in [4.78, 5) is 70.7. The van der Waals surface area contributed by atoms with Crippen LogP contribution in [0.4, 0.5) is 11.4 Å². The number of H-pyrrole nitrogens is 1. The third-order valence-corrected chi connectivity index (χ3v) is 12.5. The number of halogens is 1. The molecule has 2 amide bonds. The number of aromatic nitrogens is 3. The number of fused-ring (bicyclic) bond motifs is 13. The van der Waals surface area contributed by atoms with Gasteiger partial charge in [-0.15, -0.1) is 0 Å². The maximum Gasteiger partial charge on any atom is 0.266 e. The quantitative estimate of drug-likeness (QED) is 0.179. The Morgan fingerprint density at radius 3 is 2.33 bits per heavy atom. The molecule has 4 atom stereocenters. The molecule has 0 radical (unpaired) electrons. The molecule has 5 aromatic carbocycles.